The molecular formula is C29H47N5O8. The number of Topliss-reactive ketones (excluding diaryl/α,β-unsaturated/α-hetero) is 1. The van der Waals surface area contributed by atoms with E-state index in [2.05, 4.69) is 20.7 Å². The highest BCUT2D eigenvalue weighted by Gasteiger charge is 2.70. The molecule has 3 fully saturated rings. The number of ether oxygens (including phenoxy) is 2. The molecule has 5 N–H and O–H groups in total. The molecule has 0 aromatic carbocycles. The highest BCUT2D eigenvalue weighted by Crippen LogP contribution is 2.65. The van der Waals surface area contributed by atoms with E-state index < -0.39 is 65.3 Å². The minimum atomic E-state index is -1.11. The summed E-state index contributed by atoms with van der Waals surface area (Å²) in [5, 5.41) is 8.29. The predicted molar refractivity (Wildman–Crippen MR) is 152 cm³/mol. The van der Waals surface area contributed by atoms with Crippen molar-refractivity contribution in [2.75, 3.05) is 20.3 Å². The van der Waals surface area contributed by atoms with Gasteiger partial charge in [0, 0.05) is 6.54 Å². The van der Waals surface area contributed by atoms with Gasteiger partial charge < -0.3 is 36.1 Å². The number of methoxy groups -OCH3 is 1. The van der Waals surface area contributed by atoms with Crippen LogP contribution in [-0.4, -0.2) is 85.0 Å². The standard InChI is InChI=1S/C29H47N5O8/c1-14(2)18(13-42-27(40)41-8)32-26(39)33-22(28(3,4)5)25(38)34-12-16-19(29(16,6)7)20(34)24(37)31-17(11-15-9-10-15)21(35)23(30)36/h14-20,22H,9-13H2,1-8H3,(H2,30,36)(H,31,37)(H2,32,33,39)/t16-,17?,18+,19-,20?,22?/m0/s1. The van der Waals surface area contributed by atoms with E-state index in [-0.39, 0.29) is 35.7 Å². The van der Waals surface area contributed by atoms with Gasteiger partial charge in [0.25, 0.3) is 5.91 Å². The van der Waals surface area contributed by atoms with Gasteiger partial charge in [-0.25, -0.2) is 9.59 Å². The maximum Gasteiger partial charge on any atom is 0.508 e. The molecule has 236 valence electrons. The van der Waals surface area contributed by atoms with Gasteiger partial charge in [-0.2, -0.15) is 0 Å². The number of nitrogens with zero attached hydrogens (tertiary/aromatic N) is 1. The molecule has 3 rings (SSSR count). The molecule has 6 atom stereocenters. The van der Waals surface area contributed by atoms with Gasteiger partial charge in [-0.1, -0.05) is 61.3 Å². The first kappa shape index (κ1) is 33.1. The average Bonchev–Trinajstić information content (AvgIpc) is 3.74. The Labute approximate surface area is 247 Å². The van der Waals surface area contributed by atoms with Crippen LogP contribution in [0.25, 0.3) is 0 Å². The summed E-state index contributed by atoms with van der Waals surface area (Å²) in [6, 6.07) is -4.09. The summed E-state index contributed by atoms with van der Waals surface area (Å²) in [5.41, 5.74) is 4.34. The third-order valence-corrected chi connectivity index (χ3v) is 8.96. The maximum absolute atomic E-state index is 14.1. The van der Waals surface area contributed by atoms with Gasteiger partial charge in [0.2, 0.25) is 17.6 Å². The van der Waals surface area contributed by atoms with Gasteiger partial charge in [-0.05, 0) is 40.9 Å². The number of carbonyl (C=O) groups is 6. The van der Waals surface area contributed by atoms with Crippen molar-refractivity contribution in [1.29, 1.82) is 0 Å². The molecular weight excluding hydrogens is 546 g/mol. The number of rotatable bonds is 12. The molecule has 1 saturated heterocycles. The summed E-state index contributed by atoms with van der Waals surface area (Å²) < 4.78 is 9.50. The topological polar surface area (TPSA) is 186 Å². The predicted octanol–water partition coefficient (Wildman–Crippen LogP) is 1.33. The molecule has 0 aromatic rings. The zero-order chi connectivity index (χ0) is 31.7. The van der Waals surface area contributed by atoms with Crippen molar-refractivity contribution >= 4 is 35.7 Å². The monoisotopic (exact) mass is 593 g/mol. The van der Waals surface area contributed by atoms with Crippen LogP contribution in [0.2, 0.25) is 0 Å². The summed E-state index contributed by atoms with van der Waals surface area (Å²) in [5.74, 6) is -2.80. The molecule has 2 aliphatic carbocycles. The van der Waals surface area contributed by atoms with E-state index in [4.69, 9.17) is 10.5 Å². The minimum Gasteiger partial charge on any atom is -0.438 e. The second kappa shape index (κ2) is 12.5. The molecule has 0 aromatic heterocycles. The zero-order valence-electron chi connectivity index (χ0n) is 25.9. The first-order chi connectivity index (χ1) is 19.4. The number of ketones is 1. The van der Waals surface area contributed by atoms with Gasteiger partial charge in [0.05, 0.1) is 19.2 Å². The highest BCUT2D eigenvalue weighted by atomic mass is 16.7. The van der Waals surface area contributed by atoms with Gasteiger partial charge in [0.1, 0.15) is 18.7 Å². The lowest BCUT2D eigenvalue weighted by molar-refractivity contribution is -0.145. The van der Waals surface area contributed by atoms with Crippen LogP contribution in [0, 0.1) is 34.5 Å². The quantitative estimate of drug-likeness (QED) is 0.193. The van der Waals surface area contributed by atoms with Crippen LogP contribution in [0.5, 0.6) is 0 Å². The molecule has 13 nitrogen and oxygen atoms in total. The van der Waals surface area contributed by atoms with Crippen molar-refractivity contribution in [3.05, 3.63) is 0 Å². The smallest absolute Gasteiger partial charge is 0.438 e. The Bertz CT molecular complexity index is 1100. The second-order valence-corrected chi connectivity index (χ2v) is 13.9. The average molecular weight is 594 g/mol. The number of amides is 5. The van der Waals surface area contributed by atoms with Crippen molar-refractivity contribution in [3.63, 3.8) is 0 Å². The molecule has 1 aliphatic heterocycles. The van der Waals surface area contributed by atoms with Crippen LogP contribution in [-0.2, 0) is 28.7 Å². The fourth-order valence-corrected chi connectivity index (χ4v) is 5.93. The van der Waals surface area contributed by atoms with Gasteiger partial charge >= 0.3 is 12.2 Å². The van der Waals surface area contributed by atoms with E-state index in [9.17, 15) is 28.8 Å². The summed E-state index contributed by atoms with van der Waals surface area (Å²) >= 11 is 0. The Kier molecular flexibility index (Phi) is 9.83. The lowest BCUT2D eigenvalue weighted by atomic mass is 9.85. The number of urea groups is 1. The minimum absolute atomic E-state index is 0.0705. The zero-order valence-corrected chi connectivity index (χ0v) is 25.9. The van der Waals surface area contributed by atoms with E-state index in [0.29, 0.717) is 13.0 Å². The van der Waals surface area contributed by atoms with Gasteiger partial charge in [-0.3, -0.25) is 19.2 Å². The Hall–Kier alpha value is -3.38. The van der Waals surface area contributed by atoms with Gasteiger partial charge in [0.15, 0.2) is 0 Å². The molecule has 42 heavy (non-hydrogen) atoms. The maximum atomic E-state index is 14.1. The number of likely N-dealkylation sites (tertiary alicyclic amines) is 1. The van der Waals surface area contributed by atoms with Gasteiger partial charge in [-0.15, -0.1) is 0 Å². The number of primary amides is 1. The lowest BCUT2D eigenvalue weighted by Gasteiger charge is -2.38. The molecule has 0 spiro atoms. The number of carbonyl (C=O) groups excluding carboxylic acids is 6. The van der Waals surface area contributed by atoms with Crippen molar-refractivity contribution in [3.8, 4) is 0 Å². The van der Waals surface area contributed by atoms with E-state index in [1.165, 1.54) is 12.0 Å². The summed E-state index contributed by atoms with van der Waals surface area (Å²) in [6.07, 6.45) is 1.28. The lowest BCUT2D eigenvalue weighted by Crippen LogP contribution is -2.62. The van der Waals surface area contributed by atoms with Crippen LogP contribution < -0.4 is 21.7 Å². The Morgan fingerprint density at radius 3 is 2.14 bits per heavy atom. The number of nitrogens with two attached hydrogens (primary N) is 1. The van der Waals surface area contributed by atoms with E-state index in [1.807, 2.05) is 48.5 Å². The van der Waals surface area contributed by atoms with E-state index in [1.54, 1.807) is 0 Å². The fourth-order valence-electron chi connectivity index (χ4n) is 5.93. The molecule has 3 aliphatic rings. The Morgan fingerprint density at radius 2 is 1.64 bits per heavy atom. The summed E-state index contributed by atoms with van der Waals surface area (Å²) in [7, 11) is 1.19. The largest absolute Gasteiger partial charge is 0.508 e. The van der Waals surface area contributed by atoms with E-state index >= 15 is 0 Å². The first-order valence-corrected chi connectivity index (χ1v) is 14.6. The van der Waals surface area contributed by atoms with E-state index in [0.717, 1.165) is 12.8 Å². The SMILES string of the molecule is COC(=O)OC[C@@H](NC(=O)NC(C(=O)N1C[C@H]2[C@@H](C1C(=O)NC(CC1CC1)C(=O)C(N)=O)C2(C)C)C(C)(C)C)C(C)C. The van der Waals surface area contributed by atoms with Crippen LogP contribution in [0.3, 0.4) is 0 Å². The third kappa shape index (κ3) is 7.52. The summed E-state index contributed by atoms with van der Waals surface area (Å²) in [6.45, 7) is 13.4. The number of nitrogens with one attached hydrogen (secondary N) is 3. The van der Waals surface area contributed by atoms with Crippen molar-refractivity contribution in [2.24, 2.45) is 40.2 Å². The summed E-state index contributed by atoms with van der Waals surface area (Å²) in [4.78, 5) is 78.1. The van der Waals surface area contributed by atoms with Crippen LogP contribution in [0.15, 0.2) is 0 Å². The molecule has 2 saturated carbocycles. The van der Waals surface area contributed by atoms with Crippen molar-refractivity contribution < 1.29 is 38.2 Å². The Balaban J connectivity index is 1.78. The first-order valence-electron chi connectivity index (χ1n) is 14.6. The molecule has 5 amide bonds. The van der Waals surface area contributed by atoms with Crippen LogP contribution in [0.1, 0.15) is 67.7 Å². The second-order valence-electron chi connectivity index (χ2n) is 13.9. The number of hydrogen-bond donors (Lipinski definition) is 4. The number of fused-ring (bicyclic) bond motifs is 1. The van der Waals surface area contributed by atoms with Crippen molar-refractivity contribution in [1.82, 2.24) is 20.9 Å². The van der Waals surface area contributed by atoms with Crippen LogP contribution >= 0.6 is 0 Å². The third-order valence-electron chi connectivity index (χ3n) is 8.96. The highest BCUT2D eigenvalue weighted by molar-refractivity contribution is 6.37. The van der Waals surface area contributed by atoms with Crippen molar-refractivity contribution in [2.45, 2.75) is 91.9 Å². The number of hydrogen-bond acceptors (Lipinski definition) is 8. The number of piperidine rings is 1. The molecule has 13 heteroatoms. The normalized spacial score (nSPS) is 24.5. The molecule has 0 bridgehead atoms. The van der Waals surface area contributed by atoms with Crippen LogP contribution in [0.4, 0.5) is 9.59 Å². The molecule has 1 heterocycles. The Morgan fingerprint density at radius 1 is 1.02 bits per heavy atom. The molecule has 3 unspecified atom stereocenters. The molecule has 0 radical (unpaired) electrons. The fraction of sp³-hybridized carbons (Fsp3) is 0.793.